The van der Waals surface area contributed by atoms with E-state index in [1.807, 2.05) is 6.92 Å². The Bertz CT molecular complexity index is 1040. The Labute approximate surface area is 260 Å². The first kappa shape index (κ1) is 34.4. The van der Waals surface area contributed by atoms with Crippen LogP contribution in [0.4, 0.5) is 0 Å². The van der Waals surface area contributed by atoms with Gasteiger partial charge < -0.3 is 13.6 Å². The van der Waals surface area contributed by atoms with Crippen molar-refractivity contribution in [3.63, 3.8) is 0 Å². The number of ether oxygens (including phenoxy) is 1. The highest BCUT2D eigenvalue weighted by Crippen LogP contribution is 2.68. The van der Waals surface area contributed by atoms with Crippen LogP contribution < -0.4 is 0 Å². The minimum atomic E-state index is -2.05. The van der Waals surface area contributed by atoms with Gasteiger partial charge in [-0.25, -0.2) is 0 Å². The zero-order valence-electron chi connectivity index (χ0n) is 29.6. The van der Waals surface area contributed by atoms with Crippen molar-refractivity contribution in [3.8, 4) is 0 Å². The third-order valence-electron chi connectivity index (χ3n) is 13.9. The molecule has 0 amide bonds. The second-order valence-corrected chi connectivity index (χ2v) is 27.9. The average molecular weight is 621 g/mol. The van der Waals surface area contributed by atoms with E-state index in [0.29, 0.717) is 36.1 Å². The summed E-state index contributed by atoms with van der Waals surface area (Å²) in [6.07, 6.45) is 7.27. The van der Waals surface area contributed by atoms with Gasteiger partial charge in [-0.05, 0) is 110 Å². The molecular formula is C35H64O5Si2. The van der Waals surface area contributed by atoms with Crippen molar-refractivity contribution in [1.29, 1.82) is 0 Å². The van der Waals surface area contributed by atoms with Crippen LogP contribution in [-0.2, 0) is 23.2 Å². The van der Waals surface area contributed by atoms with Crippen LogP contribution >= 0.6 is 0 Å². The van der Waals surface area contributed by atoms with Gasteiger partial charge in [0.2, 0.25) is 0 Å². The molecule has 0 aromatic carbocycles. The molecule has 0 bridgehead atoms. The monoisotopic (exact) mass is 620 g/mol. The Morgan fingerprint density at radius 1 is 0.857 bits per heavy atom. The molecule has 0 unspecified atom stereocenters. The standard InChI is InChI=1S/C35H64O5Si2/c1-22(38-23(2)36)27-21-29(37)31-25-20-30(40-42(13,14)33(6,7)8)28-19-24(39-41(11,12)32(3,4)5)15-17-34(28,9)26(25)16-18-35(27,31)10/h22,24-28,30-31H,15-21H2,1-14H3/t22-,24-,25+,26-,27+,28+,30-,31+,34+,35+/m0/s1. The number of fused-ring (bicyclic) bond motifs is 5. The summed E-state index contributed by atoms with van der Waals surface area (Å²) in [6, 6.07) is 0. The van der Waals surface area contributed by atoms with Gasteiger partial charge in [0.15, 0.2) is 16.6 Å². The molecule has 4 aliphatic carbocycles. The molecule has 4 rings (SSSR count). The summed E-state index contributed by atoms with van der Waals surface area (Å²) >= 11 is 0. The zero-order chi connectivity index (χ0) is 31.8. The van der Waals surface area contributed by atoms with Crippen LogP contribution in [0.2, 0.25) is 36.3 Å². The van der Waals surface area contributed by atoms with Crippen LogP contribution in [0, 0.1) is 40.4 Å². The summed E-state index contributed by atoms with van der Waals surface area (Å²) in [4.78, 5) is 25.9. The lowest BCUT2D eigenvalue weighted by molar-refractivity contribution is -0.174. The molecule has 4 saturated carbocycles. The molecule has 0 heterocycles. The Kier molecular flexibility index (Phi) is 9.07. The van der Waals surface area contributed by atoms with Gasteiger partial charge in [-0.2, -0.15) is 0 Å². The fourth-order valence-electron chi connectivity index (χ4n) is 9.51. The summed E-state index contributed by atoms with van der Waals surface area (Å²) in [5.74, 6) is 1.60. The fraction of sp³-hybridized carbons (Fsp3) is 0.943. The SMILES string of the molecule is CC(=O)O[C@@H](C)[C@H]1CC(=O)[C@H]2[C@@H]3C[C@H](O[Si](C)(C)C(C)(C)C)[C@H]4C[C@@H](O[Si](C)(C)C(C)(C)C)CC[C@]4(C)[C@H]3CC[C@]12C. The highest BCUT2D eigenvalue weighted by Gasteiger charge is 2.66. The maximum absolute atomic E-state index is 14.0. The molecule has 0 aromatic heterocycles. The summed E-state index contributed by atoms with van der Waals surface area (Å²) in [5.41, 5.74) is 0.0188. The minimum absolute atomic E-state index is 0.0313. The van der Waals surface area contributed by atoms with E-state index < -0.39 is 16.6 Å². The predicted molar refractivity (Wildman–Crippen MR) is 176 cm³/mol. The van der Waals surface area contributed by atoms with E-state index in [-0.39, 0.29) is 50.9 Å². The summed E-state index contributed by atoms with van der Waals surface area (Å²) in [5, 5.41) is 0.319. The quantitative estimate of drug-likeness (QED) is 0.219. The molecule has 10 atom stereocenters. The maximum atomic E-state index is 14.0. The summed E-state index contributed by atoms with van der Waals surface area (Å²) in [7, 11) is -3.94. The van der Waals surface area contributed by atoms with E-state index in [0.717, 1.165) is 38.5 Å². The average Bonchev–Trinajstić information content (AvgIpc) is 3.08. The Balaban J connectivity index is 1.70. The first-order chi connectivity index (χ1) is 18.9. The van der Waals surface area contributed by atoms with E-state index in [1.165, 1.54) is 6.92 Å². The normalized spacial score (nSPS) is 40.1. The Morgan fingerprint density at radius 3 is 1.95 bits per heavy atom. The minimum Gasteiger partial charge on any atom is -0.463 e. The Morgan fingerprint density at radius 2 is 1.40 bits per heavy atom. The highest BCUT2D eigenvalue weighted by molar-refractivity contribution is 6.74. The number of esters is 1. The molecule has 0 aromatic rings. The number of carbonyl (C=O) groups is 2. The van der Waals surface area contributed by atoms with Crippen LogP contribution in [0.15, 0.2) is 0 Å². The van der Waals surface area contributed by atoms with Crippen molar-refractivity contribution in [2.75, 3.05) is 0 Å². The third-order valence-corrected chi connectivity index (χ3v) is 22.9. The number of Topliss-reactive ketones (excluding diaryl/α,β-unsaturated/α-hetero) is 1. The number of ketones is 1. The number of hydrogen-bond donors (Lipinski definition) is 0. The lowest BCUT2D eigenvalue weighted by Gasteiger charge is -2.63. The molecule has 4 fully saturated rings. The van der Waals surface area contributed by atoms with E-state index >= 15 is 0 Å². The van der Waals surface area contributed by atoms with Crippen molar-refractivity contribution in [2.24, 2.45) is 40.4 Å². The highest BCUT2D eigenvalue weighted by atomic mass is 28.4. The fourth-order valence-corrected chi connectivity index (χ4v) is 12.3. The molecule has 4 aliphatic rings. The van der Waals surface area contributed by atoms with Crippen molar-refractivity contribution in [3.05, 3.63) is 0 Å². The van der Waals surface area contributed by atoms with Crippen molar-refractivity contribution in [1.82, 2.24) is 0 Å². The smallest absolute Gasteiger partial charge is 0.302 e. The lowest BCUT2D eigenvalue weighted by atomic mass is 9.44. The molecule has 0 N–H and O–H groups in total. The zero-order valence-corrected chi connectivity index (χ0v) is 31.6. The van der Waals surface area contributed by atoms with Gasteiger partial charge in [-0.1, -0.05) is 55.4 Å². The maximum Gasteiger partial charge on any atom is 0.302 e. The molecule has 0 aliphatic heterocycles. The van der Waals surface area contributed by atoms with Crippen LogP contribution in [0.25, 0.3) is 0 Å². The van der Waals surface area contributed by atoms with Gasteiger partial charge in [0.25, 0.3) is 0 Å². The van der Waals surface area contributed by atoms with Crippen LogP contribution in [0.5, 0.6) is 0 Å². The van der Waals surface area contributed by atoms with Crippen LogP contribution in [0.3, 0.4) is 0 Å². The van der Waals surface area contributed by atoms with Crippen LogP contribution in [-0.4, -0.2) is 46.7 Å². The van der Waals surface area contributed by atoms with Gasteiger partial charge in [-0.3, -0.25) is 9.59 Å². The van der Waals surface area contributed by atoms with Crippen LogP contribution in [0.1, 0.15) is 114 Å². The number of carbonyl (C=O) groups excluding carboxylic acids is 2. The van der Waals surface area contributed by atoms with Gasteiger partial charge in [0.05, 0.1) is 0 Å². The number of rotatable bonds is 6. The largest absolute Gasteiger partial charge is 0.463 e. The third kappa shape index (κ3) is 5.91. The van der Waals surface area contributed by atoms with Gasteiger partial charge >= 0.3 is 5.97 Å². The first-order valence-electron chi connectivity index (χ1n) is 17.0. The molecule has 0 radical (unpaired) electrons. The van der Waals surface area contributed by atoms with E-state index in [9.17, 15) is 9.59 Å². The second-order valence-electron chi connectivity index (χ2n) is 18.4. The molecule has 5 nitrogen and oxygen atoms in total. The lowest BCUT2D eigenvalue weighted by Crippen LogP contribution is -2.62. The Hall–Kier alpha value is -0.506. The van der Waals surface area contributed by atoms with E-state index in [2.05, 4.69) is 81.6 Å². The predicted octanol–water partition coefficient (Wildman–Crippen LogP) is 9.17. The molecule has 0 spiro atoms. The van der Waals surface area contributed by atoms with Crippen molar-refractivity contribution in [2.45, 2.75) is 169 Å². The van der Waals surface area contributed by atoms with Crippen molar-refractivity contribution < 1.29 is 23.2 Å². The molecule has 7 heteroatoms. The van der Waals surface area contributed by atoms with Gasteiger partial charge in [-0.15, -0.1) is 0 Å². The van der Waals surface area contributed by atoms with E-state index in [4.69, 9.17) is 13.6 Å². The topological polar surface area (TPSA) is 61.8 Å². The molecule has 0 saturated heterocycles. The van der Waals surface area contributed by atoms with Gasteiger partial charge in [0.1, 0.15) is 11.9 Å². The first-order valence-corrected chi connectivity index (χ1v) is 22.8. The van der Waals surface area contributed by atoms with Gasteiger partial charge in [0, 0.05) is 37.4 Å². The van der Waals surface area contributed by atoms with Crippen molar-refractivity contribution >= 4 is 28.4 Å². The second kappa shape index (κ2) is 11.1. The van der Waals surface area contributed by atoms with E-state index in [1.54, 1.807) is 0 Å². The summed E-state index contributed by atoms with van der Waals surface area (Å²) < 4.78 is 20.2. The number of hydrogen-bond acceptors (Lipinski definition) is 5. The molecule has 42 heavy (non-hydrogen) atoms. The molecular weight excluding hydrogens is 557 g/mol. The summed E-state index contributed by atoms with van der Waals surface area (Å²) in [6.45, 7) is 32.0. The molecule has 242 valence electrons.